The van der Waals surface area contributed by atoms with Crippen LogP contribution in [-0.4, -0.2) is 33.6 Å². The first kappa shape index (κ1) is 78.2. The van der Waals surface area contributed by atoms with Crippen molar-refractivity contribution in [2.24, 2.45) is 0 Å². The van der Waals surface area contributed by atoms with E-state index in [-0.39, 0.29) is 33.6 Å². The van der Waals surface area contributed by atoms with Crippen LogP contribution in [0.25, 0.3) is 104 Å². The normalized spacial score (nSPS) is 13.5. The predicted octanol–water partition coefficient (Wildman–Crippen LogP) is 23.0. The van der Waals surface area contributed by atoms with E-state index in [2.05, 4.69) is 224 Å². The van der Waals surface area contributed by atoms with Crippen LogP contribution >= 0.6 is 34.0 Å². The van der Waals surface area contributed by atoms with Gasteiger partial charge in [-0.3, -0.25) is 0 Å². The van der Waals surface area contributed by atoms with Crippen LogP contribution < -0.4 is 129 Å². The van der Waals surface area contributed by atoms with Gasteiger partial charge in [-0.05, 0) is 206 Å². The zero-order valence-electron chi connectivity index (χ0n) is 74.0. The number of thiophene rings is 3. The number of benzene rings is 20. The highest BCUT2D eigenvalue weighted by Crippen LogP contribution is 2.49. The highest BCUT2D eigenvalue weighted by atomic mass is 32.1. The van der Waals surface area contributed by atoms with Crippen molar-refractivity contribution >= 4 is 254 Å². The molecule has 10 aliphatic rings. The summed E-state index contributed by atoms with van der Waals surface area (Å²) in [5, 5.41) is 12.1. The van der Waals surface area contributed by atoms with E-state index in [9.17, 15) is 0 Å². The van der Waals surface area contributed by atoms with Crippen molar-refractivity contribution in [3.05, 3.63) is 394 Å². The number of fused-ring (bicyclic) bond motifs is 38. The van der Waals surface area contributed by atoms with E-state index in [0.29, 0.717) is 0 Å². The van der Waals surface area contributed by atoms with E-state index in [4.69, 9.17) is 56.2 Å². The van der Waals surface area contributed by atoms with Gasteiger partial charge in [0.1, 0.15) is 137 Å². The smallest absolute Gasteiger partial charge is 0.261 e. The topological polar surface area (TPSA) is 119 Å². The van der Waals surface area contributed by atoms with Crippen molar-refractivity contribution in [3.63, 3.8) is 0 Å². The molecule has 5 aromatic heterocycles. The Morgan fingerprint density at radius 3 is 1.04 bits per heavy atom. The number of hydrogen-bond acceptors (Lipinski definition) is 15. The first-order valence-corrected chi connectivity index (χ1v) is 49.4. The Morgan fingerprint density at radius 1 is 0.150 bits per heavy atom. The van der Waals surface area contributed by atoms with Crippen LogP contribution in [0.3, 0.4) is 0 Å². The maximum Gasteiger partial charge on any atom is 0.261 e. The van der Waals surface area contributed by atoms with Crippen molar-refractivity contribution in [1.29, 1.82) is 0 Å². The lowest BCUT2D eigenvalue weighted by Gasteiger charge is -2.33. The molecule has 0 radical (unpaired) electrons. The number of rotatable bonds is 0. The summed E-state index contributed by atoms with van der Waals surface area (Å²) in [4.78, 5) is 0. The molecule has 0 spiro atoms. The van der Waals surface area contributed by atoms with Crippen LogP contribution in [0.1, 0.15) is 0 Å². The first-order chi connectivity index (χ1) is 69.4. The summed E-state index contributed by atoms with van der Waals surface area (Å²) < 4.78 is 83.0. The average Bonchev–Trinajstić information content (AvgIpc) is 1.26. The van der Waals surface area contributed by atoms with Crippen molar-refractivity contribution in [2.45, 2.75) is 0 Å². The van der Waals surface area contributed by atoms with Gasteiger partial charge in [-0.2, -0.15) is 0 Å². The van der Waals surface area contributed by atoms with Crippen LogP contribution in [0.4, 0.5) is 0 Å². The largest absolute Gasteiger partial charge is 0.458 e. The van der Waals surface area contributed by atoms with Crippen molar-refractivity contribution < 1.29 is 56.2 Å². The molecule has 20 heteroatoms. The van der Waals surface area contributed by atoms with Gasteiger partial charge in [-0.1, -0.05) is 237 Å². The molecule has 20 aromatic carbocycles. The van der Waals surface area contributed by atoms with Crippen LogP contribution in [0.5, 0.6) is 115 Å². The lowest BCUT2D eigenvalue weighted by atomic mass is 9.34. The van der Waals surface area contributed by atoms with E-state index in [1.807, 2.05) is 204 Å². The predicted molar refractivity (Wildman–Crippen MR) is 574 cm³/mol. The standard InChI is InChI=1S/2C24H13BO3.3C24H13BO2S/c1-3-8-18-14(6-1)15-12-17-23(13-22(15)26-18)28-21-11-5-10-20-24(21)25(17)16-7-2-4-9-19(16)27-20;1-3-8-16-14(6-1)22-18(26-16)12-13-21-24(22)25-15-7-2-4-9-17(15)27-19-10-5-11-20(28-21)23(19)25;1-4-11-22-14(6-1)15-12-21-17(13-23(15)28-22)25-16-7-2-3-8-18(16)26-19-9-5-10-20(27-21)24(19)25;1-4-11-21-14(6-1)15-12-13-17-23(24(15)28-21)27-20-10-5-9-19-22(20)25(17)16-7-2-3-8-18(16)26-19;1-4-11-20-14(6-1)22-21(28-20)13-12-16-24(22)27-19-10-5-9-18-23(19)25(16)15-7-2-3-8-17(15)26-18/h5*1-13H. The van der Waals surface area contributed by atoms with E-state index < -0.39 is 0 Å². The van der Waals surface area contributed by atoms with Gasteiger partial charge in [-0.25, -0.2) is 0 Å². The molecule has 0 saturated heterocycles. The summed E-state index contributed by atoms with van der Waals surface area (Å²) in [6.07, 6.45) is 0. The zero-order valence-corrected chi connectivity index (χ0v) is 76.5. The van der Waals surface area contributed by atoms with Crippen molar-refractivity contribution in [2.75, 3.05) is 0 Å². The van der Waals surface area contributed by atoms with Gasteiger partial charge in [0.2, 0.25) is 0 Å². The molecule has 25 aromatic rings. The fourth-order valence-corrected chi connectivity index (χ4v) is 26.6. The minimum atomic E-state index is 0.0459. The molecular formula is C120H65B5O12S3. The second-order valence-electron chi connectivity index (χ2n) is 36.5. The van der Waals surface area contributed by atoms with Crippen LogP contribution in [0.15, 0.2) is 403 Å². The Kier molecular flexibility index (Phi) is 16.9. The number of furan rings is 2. The van der Waals surface area contributed by atoms with Gasteiger partial charge in [-0.15, -0.1) is 34.0 Å². The van der Waals surface area contributed by atoms with Gasteiger partial charge in [0, 0.05) is 111 Å². The average molecular weight is 1850 g/mol. The van der Waals surface area contributed by atoms with Gasteiger partial charge in [0.05, 0.1) is 4.70 Å². The Labute approximate surface area is 813 Å². The number of para-hydroxylation sites is 7. The molecule has 0 saturated carbocycles. The minimum absolute atomic E-state index is 0.0459. The Morgan fingerprint density at radius 2 is 0.500 bits per heavy atom. The Hall–Kier alpha value is -17.0. The molecule has 15 heterocycles. The van der Waals surface area contributed by atoms with Gasteiger partial charge in [0.25, 0.3) is 33.6 Å². The zero-order chi connectivity index (χ0) is 91.2. The maximum atomic E-state index is 6.55. The quantitative estimate of drug-likeness (QED) is 0.135. The molecular weight excluding hydrogens is 1780 g/mol. The maximum absolute atomic E-state index is 6.55. The van der Waals surface area contributed by atoms with Gasteiger partial charge in [0.15, 0.2) is 0 Å². The third-order valence-electron chi connectivity index (χ3n) is 29.1. The molecule has 0 N–H and O–H groups in total. The lowest BCUT2D eigenvalue weighted by molar-refractivity contribution is 0.464. The van der Waals surface area contributed by atoms with Crippen molar-refractivity contribution in [3.8, 4) is 115 Å². The fraction of sp³-hybridized carbons (Fsp3) is 0. The molecule has 0 bridgehead atoms. The molecule has 140 heavy (non-hydrogen) atoms. The van der Waals surface area contributed by atoms with E-state index in [0.717, 1.165) is 203 Å². The van der Waals surface area contributed by atoms with Gasteiger partial charge >= 0.3 is 0 Å². The Balaban J connectivity index is 0.0000000806. The van der Waals surface area contributed by atoms with Crippen molar-refractivity contribution in [1.82, 2.24) is 0 Å². The molecule has 12 nitrogen and oxygen atoms in total. The first-order valence-electron chi connectivity index (χ1n) is 47.0. The molecule has 0 amide bonds. The van der Waals surface area contributed by atoms with E-state index in [1.165, 1.54) is 98.8 Å². The number of ether oxygens (including phenoxy) is 10. The van der Waals surface area contributed by atoms with Crippen LogP contribution in [0.2, 0.25) is 0 Å². The second kappa shape index (κ2) is 30.2. The third kappa shape index (κ3) is 11.7. The lowest BCUT2D eigenvalue weighted by Crippen LogP contribution is -2.57. The number of hydrogen-bond donors (Lipinski definition) is 0. The Bertz CT molecular complexity index is 9550. The summed E-state index contributed by atoms with van der Waals surface area (Å²) in [7, 11) is 0. The summed E-state index contributed by atoms with van der Waals surface area (Å²) in [6.45, 7) is 0.523. The molecule has 0 atom stereocenters. The third-order valence-corrected chi connectivity index (χ3v) is 32.5. The highest BCUT2D eigenvalue weighted by molar-refractivity contribution is 7.27. The fourth-order valence-electron chi connectivity index (χ4n) is 23.1. The monoisotopic (exact) mass is 1850 g/mol. The molecule has 0 unspecified atom stereocenters. The molecule has 0 aliphatic carbocycles. The summed E-state index contributed by atoms with van der Waals surface area (Å²) >= 11 is 5.48. The highest BCUT2D eigenvalue weighted by Gasteiger charge is 2.48. The molecule has 0 fully saturated rings. The summed E-state index contributed by atoms with van der Waals surface area (Å²) in [6, 6.07) is 136. The second-order valence-corrected chi connectivity index (χ2v) is 39.8. The molecule has 650 valence electrons. The van der Waals surface area contributed by atoms with E-state index >= 15 is 0 Å². The molecule has 35 rings (SSSR count). The van der Waals surface area contributed by atoms with Crippen LogP contribution in [-0.2, 0) is 0 Å². The van der Waals surface area contributed by atoms with Crippen LogP contribution in [0, 0.1) is 0 Å². The van der Waals surface area contributed by atoms with E-state index in [1.54, 1.807) is 0 Å². The summed E-state index contributed by atoms with van der Waals surface area (Å²) in [5.74, 6) is 18.0. The SMILES string of the molecule is c1ccc2c(c1)Oc1cccc3c1B2c1c(ccc2oc4ccccc4c12)O3.c1ccc2c(c1)Oc1cccc3c1B2c1cc2c(cc1O3)oc1ccccc12.c1ccc2c(c1)Oc1cccc3c1B2c1cc2sc4ccccc4c2cc1O3.c1ccc2c(c1)Oc1cccc3c1B2c1ccc2c(sc4ccccc42)c1O3.c1ccc2c(c1)Oc1cccc3c1B2c1ccc2sc4ccccc4c2c1O3. The summed E-state index contributed by atoms with van der Waals surface area (Å²) in [5.41, 5.74) is 21.0. The minimum Gasteiger partial charge on any atom is -0.458 e. The van der Waals surface area contributed by atoms with Gasteiger partial charge < -0.3 is 56.2 Å². The molecule has 10 aliphatic heterocycles.